The number of aryl methyl sites for hydroxylation is 1. The molecule has 1 unspecified atom stereocenters. The van der Waals surface area contributed by atoms with Crippen LogP contribution in [0.3, 0.4) is 0 Å². The molecule has 1 saturated heterocycles. The number of hydrogen-bond acceptors (Lipinski definition) is 5. The Morgan fingerprint density at radius 3 is 2.73 bits per heavy atom. The molecule has 0 radical (unpaired) electrons. The van der Waals surface area contributed by atoms with Gasteiger partial charge >= 0.3 is 0 Å². The van der Waals surface area contributed by atoms with E-state index in [0.29, 0.717) is 13.2 Å². The normalized spacial score (nSPS) is 16.2. The molecular weight excluding hydrogens is 499 g/mol. The number of nitrogens with zero attached hydrogens (tertiary/aromatic N) is 2. The minimum absolute atomic E-state index is 0. The first-order valence-electron chi connectivity index (χ1n) is 10.6. The largest absolute Gasteiger partial charge is 0.379 e. The molecule has 0 aromatic heterocycles. The van der Waals surface area contributed by atoms with Crippen LogP contribution in [0.15, 0.2) is 29.3 Å². The summed E-state index contributed by atoms with van der Waals surface area (Å²) >= 11 is 0. The summed E-state index contributed by atoms with van der Waals surface area (Å²) in [5.41, 5.74) is 1.26. The number of nitrogens with one attached hydrogen (secondary N) is 2. The molecule has 0 bridgehead atoms. The third-order valence-corrected chi connectivity index (χ3v) is 4.72. The second kappa shape index (κ2) is 16.3. The van der Waals surface area contributed by atoms with Gasteiger partial charge in [-0.1, -0.05) is 12.1 Å². The zero-order valence-electron chi connectivity index (χ0n) is 17.8. The number of ether oxygens (including phenoxy) is 2. The van der Waals surface area contributed by atoms with Crippen LogP contribution in [0.1, 0.15) is 44.6 Å². The lowest BCUT2D eigenvalue weighted by Crippen LogP contribution is -2.38. The van der Waals surface area contributed by atoms with Gasteiger partial charge in [-0.2, -0.15) is 0 Å². The molecule has 0 saturated carbocycles. The van der Waals surface area contributed by atoms with Gasteiger partial charge in [-0.3, -0.25) is 15.1 Å². The smallest absolute Gasteiger partial charge is 0.269 e. The number of rotatable bonds is 13. The van der Waals surface area contributed by atoms with E-state index in [1.807, 2.05) is 12.1 Å². The molecule has 1 aromatic carbocycles. The lowest BCUT2D eigenvalue weighted by atomic mass is 10.1. The average molecular weight is 534 g/mol. The summed E-state index contributed by atoms with van der Waals surface area (Å²) in [6.07, 6.45) is 6.36. The van der Waals surface area contributed by atoms with Crippen molar-refractivity contribution in [3.05, 3.63) is 39.9 Å². The van der Waals surface area contributed by atoms with Crippen molar-refractivity contribution in [2.45, 2.75) is 51.6 Å². The molecule has 0 amide bonds. The Morgan fingerprint density at radius 2 is 2.07 bits per heavy atom. The van der Waals surface area contributed by atoms with Crippen LogP contribution in [0, 0.1) is 10.1 Å². The van der Waals surface area contributed by atoms with Crippen molar-refractivity contribution in [1.29, 1.82) is 0 Å². The van der Waals surface area contributed by atoms with Crippen LogP contribution in [0.4, 0.5) is 5.69 Å². The van der Waals surface area contributed by atoms with Crippen molar-refractivity contribution in [2.75, 3.05) is 39.5 Å². The topological polar surface area (TPSA) is 98.0 Å². The highest BCUT2D eigenvalue weighted by Crippen LogP contribution is 2.13. The first kappa shape index (κ1) is 26.6. The summed E-state index contributed by atoms with van der Waals surface area (Å²) in [4.78, 5) is 14.9. The van der Waals surface area contributed by atoms with Gasteiger partial charge < -0.3 is 20.1 Å². The third kappa shape index (κ3) is 11.1. The Bertz CT molecular complexity index is 622. The molecule has 1 aliphatic heterocycles. The highest BCUT2D eigenvalue weighted by Gasteiger charge is 2.14. The van der Waals surface area contributed by atoms with Crippen LogP contribution >= 0.6 is 24.0 Å². The van der Waals surface area contributed by atoms with E-state index in [2.05, 4.69) is 22.5 Å². The maximum Gasteiger partial charge on any atom is 0.269 e. The Morgan fingerprint density at radius 1 is 1.27 bits per heavy atom. The molecule has 8 nitrogen and oxygen atoms in total. The first-order valence-corrected chi connectivity index (χ1v) is 10.6. The molecule has 1 aliphatic rings. The van der Waals surface area contributed by atoms with Crippen LogP contribution < -0.4 is 10.6 Å². The second-order valence-corrected chi connectivity index (χ2v) is 7.13. The summed E-state index contributed by atoms with van der Waals surface area (Å²) in [6, 6.07) is 6.79. The van der Waals surface area contributed by atoms with E-state index in [-0.39, 0.29) is 40.7 Å². The molecule has 1 atom stereocenters. The predicted molar refractivity (Wildman–Crippen MR) is 130 cm³/mol. The molecular formula is C21H35IN4O4. The van der Waals surface area contributed by atoms with Gasteiger partial charge in [-0.25, -0.2) is 0 Å². The van der Waals surface area contributed by atoms with E-state index in [1.165, 1.54) is 0 Å². The highest BCUT2D eigenvalue weighted by atomic mass is 127. The molecule has 1 heterocycles. The van der Waals surface area contributed by atoms with Crippen molar-refractivity contribution < 1.29 is 14.4 Å². The molecule has 2 N–H and O–H groups in total. The van der Waals surface area contributed by atoms with Crippen LogP contribution in [0.25, 0.3) is 0 Å². The summed E-state index contributed by atoms with van der Waals surface area (Å²) < 4.78 is 11.2. The van der Waals surface area contributed by atoms with Gasteiger partial charge in [0.05, 0.1) is 17.6 Å². The minimum atomic E-state index is -0.370. The fourth-order valence-electron chi connectivity index (χ4n) is 3.14. The predicted octanol–water partition coefficient (Wildman–Crippen LogP) is 3.68. The highest BCUT2D eigenvalue weighted by molar-refractivity contribution is 14.0. The number of nitro benzene ring substituents is 1. The zero-order valence-corrected chi connectivity index (χ0v) is 20.1. The van der Waals surface area contributed by atoms with Gasteiger partial charge in [0.2, 0.25) is 0 Å². The second-order valence-electron chi connectivity index (χ2n) is 7.13. The van der Waals surface area contributed by atoms with E-state index in [1.54, 1.807) is 12.1 Å². The van der Waals surface area contributed by atoms with Gasteiger partial charge in [0, 0.05) is 45.0 Å². The summed E-state index contributed by atoms with van der Waals surface area (Å²) in [5, 5.41) is 17.3. The van der Waals surface area contributed by atoms with Crippen molar-refractivity contribution in [2.24, 2.45) is 4.99 Å². The van der Waals surface area contributed by atoms with E-state index < -0.39 is 0 Å². The Hall–Kier alpha value is -1.46. The quantitative estimate of drug-likeness (QED) is 0.100. The van der Waals surface area contributed by atoms with Crippen molar-refractivity contribution >= 4 is 35.6 Å². The molecule has 0 spiro atoms. The summed E-state index contributed by atoms with van der Waals surface area (Å²) in [5.74, 6) is 0.835. The van der Waals surface area contributed by atoms with Crippen molar-refractivity contribution in [3.8, 4) is 0 Å². The number of aliphatic imine (C=N–C) groups is 1. The van der Waals surface area contributed by atoms with Crippen LogP contribution in [0.2, 0.25) is 0 Å². The number of halogens is 1. The van der Waals surface area contributed by atoms with Gasteiger partial charge in [0.1, 0.15) is 0 Å². The standard InChI is InChI=1S/C21H34N4O4.HI/c1-2-22-21(24-14-6-15-28-17-20-8-5-16-29-20)23-13-4-3-7-18-9-11-19(12-10-18)25(26)27;/h9-12,20H,2-8,13-17H2,1H3,(H2,22,23,24);1H. The van der Waals surface area contributed by atoms with E-state index >= 15 is 0 Å². The van der Waals surface area contributed by atoms with Gasteiger partial charge in [-0.15, -0.1) is 24.0 Å². The molecule has 9 heteroatoms. The Kier molecular flexibility index (Phi) is 14.4. The maximum atomic E-state index is 10.7. The summed E-state index contributed by atoms with van der Waals surface area (Å²) in [6.45, 7) is 6.71. The first-order chi connectivity index (χ1) is 14.2. The molecule has 170 valence electrons. The molecule has 1 aromatic rings. The van der Waals surface area contributed by atoms with Gasteiger partial charge in [0.25, 0.3) is 5.69 Å². The van der Waals surface area contributed by atoms with Crippen LogP contribution in [0.5, 0.6) is 0 Å². The number of guanidine groups is 1. The van der Waals surface area contributed by atoms with Gasteiger partial charge in [-0.05, 0) is 51.0 Å². The molecule has 0 aliphatic carbocycles. The SMILES string of the molecule is CCNC(=NCCCOCC1CCCO1)NCCCCc1ccc([N+](=O)[O-])cc1.I. The van der Waals surface area contributed by atoms with Crippen LogP contribution in [-0.4, -0.2) is 56.4 Å². The number of hydrogen-bond donors (Lipinski definition) is 2. The number of non-ortho nitro benzene ring substituents is 1. The van der Waals surface area contributed by atoms with Crippen molar-refractivity contribution in [3.63, 3.8) is 0 Å². The monoisotopic (exact) mass is 534 g/mol. The fraction of sp³-hybridized carbons (Fsp3) is 0.667. The lowest BCUT2D eigenvalue weighted by Gasteiger charge is -2.12. The van der Waals surface area contributed by atoms with Gasteiger partial charge in [0.15, 0.2) is 5.96 Å². The zero-order chi connectivity index (χ0) is 20.7. The Balaban J connectivity index is 0.00000450. The molecule has 1 fully saturated rings. The van der Waals surface area contributed by atoms with Crippen molar-refractivity contribution in [1.82, 2.24) is 10.6 Å². The average Bonchev–Trinajstić information content (AvgIpc) is 3.24. The summed E-state index contributed by atoms with van der Waals surface area (Å²) in [7, 11) is 0. The number of unbranched alkanes of at least 4 members (excludes halogenated alkanes) is 1. The number of benzene rings is 1. The van der Waals surface area contributed by atoms with E-state index in [9.17, 15) is 10.1 Å². The number of nitro groups is 1. The van der Waals surface area contributed by atoms with E-state index in [4.69, 9.17) is 9.47 Å². The molecule has 2 rings (SSSR count). The fourth-order valence-corrected chi connectivity index (χ4v) is 3.14. The minimum Gasteiger partial charge on any atom is -0.379 e. The van der Waals surface area contributed by atoms with E-state index in [0.717, 1.165) is 76.3 Å². The lowest BCUT2D eigenvalue weighted by molar-refractivity contribution is -0.384. The molecule has 30 heavy (non-hydrogen) atoms. The maximum absolute atomic E-state index is 10.7. The third-order valence-electron chi connectivity index (χ3n) is 4.72. The Labute approximate surface area is 196 Å². The van der Waals surface area contributed by atoms with Crippen LogP contribution in [-0.2, 0) is 15.9 Å².